The molecule has 4 nitrogen and oxygen atoms in total. The summed E-state index contributed by atoms with van der Waals surface area (Å²) in [5.74, 6) is -0.0265. The molecule has 2 atom stereocenters. The van der Waals surface area contributed by atoms with Gasteiger partial charge in [0.2, 0.25) is 0 Å². The number of aliphatic hydroxyl groups is 1. The van der Waals surface area contributed by atoms with Gasteiger partial charge in [-0.15, -0.1) is 0 Å². The molecule has 0 aromatic heterocycles. The van der Waals surface area contributed by atoms with Crippen molar-refractivity contribution in [3.8, 4) is 11.1 Å². The molecule has 3 aromatic carbocycles. The van der Waals surface area contributed by atoms with Gasteiger partial charge < -0.3 is 15.2 Å². The first-order valence-corrected chi connectivity index (χ1v) is 10.5. The molecule has 30 heavy (non-hydrogen) atoms. The molecule has 3 aromatic rings. The summed E-state index contributed by atoms with van der Waals surface area (Å²) >= 11 is 12.3. The minimum absolute atomic E-state index is 0.0265. The number of hydrogen-bond acceptors (Lipinski definition) is 3. The Kier molecular flexibility index (Phi) is 6.00. The van der Waals surface area contributed by atoms with Gasteiger partial charge in [0.05, 0.1) is 6.04 Å². The first kappa shape index (κ1) is 20.7. The van der Waals surface area contributed by atoms with Crippen molar-refractivity contribution in [2.75, 3.05) is 6.61 Å². The van der Waals surface area contributed by atoms with Gasteiger partial charge in [-0.3, -0.25) is 0 Å². The smallest absolute Gasteiger partial charge is 0.407 e. The summed E-state index contributed by atoms with van der Waals surface area (Å²) < 4.78 is 5.53. The normalized spacial score (nSPS) is 14.5. The van der Waals surface area contributed by atoms with Crippen LogP contribution < -0.4 is 5.32 Å². The Hall–Kier alpha value is -2.53. The number of benzene rings is 3. The predicted molar refractivity (Wildman–Crippen MR) is 119 cm³/mol. The van der Waals surface area contributed by atoms with E-state index in [1.165, 1.54) is 11.1 Å². The minimum atomic E-state index is -1.06. The van der Waals surface area contributed by atoms with E-state index >= 15 is 0 Å². The molecule has 0 fully saturated rings. The zero-order valence-electron chi connectivity index (χ0n) is 16.3. The highest BCUT2D eigenvalue weighted by Gasteiger charge is 2.29. The maximum absolute atomic E-state index is 12.4. The molecule has 2 unspecified atom stereocenters. The van der Waals surface area contributed by atoms with Gasteiger partial charge in [-0.05, 0) is 41.3 Å². The number of hydrogen-bond donors (Lipinski definition) is 2. The van der Waals surface area contributed by atoms with Gasteiger partial charge in [0, 0.05) is 21.5 Å². The van der Waals surface area contributed by atoms with Crippen molar-refractivity contribution >= 4 is 29.3 Å². The van der Waals surface area contributed by atoms with Gasteiger partial charge in [-0.25, -0.2) is 4.79 Å². The van der Waals surface area contributed by atoms with Crippen LogP contribution in [0.4, 0.5) is 4.79 Å². The van der Waals surface area contributed by atoms with E-state index in [0.29, 0.717) is 15.6 Å². The van der Waals surface area contributed by atoms with Crippen molar-refractivity contribution in [1.82, 2.24) is 5.32 Å². The van der Waals surface area contributed by atoms with Crippen LogP contribution in [0.15, 0.2) is 66.7 Å². The van der Waals surface area contributed by atoms with Crippen LogP contribution in [0, 0.1) is 0 Å². The fourth-order valence-corrected chi connectivity index (χ4v) is 4.57. The highest BCUT2D eigenvalue weighted by Crippen LogP contribution is 2.44. The molecule has 0 saturated carbocycles. The lowest BCUT2D eigenvalue weighted by atomic mass is 9.98. The van der Waals surface area contributed by atoms with Gasteiger partial charge in [0.1, 0.15) is 12.7 Å². The summed E-state index contributed by atoms with van der Waals surface area (Å²) in [6, 6.07) is 20.6. The molecule has 0 heterocycles. The Morgan fingerprint density at radius 3 is 2.07 bits per heavy atom. The Morgan fingerprint density at radius 2 is 1.50 bits per heavy atom. The molecule has 0 radical (unpaired) electrons. The number of carbonyl (C=O) groups excluding carboxylic acids is 1. The van der Waals surface area contributed by atoms with Gasteiger partial charge in [0.15, 0.2) is 0 Å². The topological polar surface area (TPSA) is 58.6 Å². The van der Waals surface area contributed by atoms with E-state index in [-0.39, 0.29) is 12.5 Å². The minimum Gasteiger partial charge on any atom is -0.449 e. The van der Waals surface area contributed by atoms with Crippen LogP contribution in [0.25, 0.3) is 11.1 Å². The molecule has 0 bridgehead atoms. The van der Waals surface area contributed by atoms with E-state index < -0.39 is 18.2 Å². The van der Waals surface area contributed by atoms with E-state index in [0.717, 1.165) is 11.1 Å². The Labute approximate surface area is 185 Å². The first-order valence-electron chi connectivity index (χ1n) is 9.71. The maximum Gasteiger partial charge on any atom is 0.407 e. The average Bonchev–Trinajstić information content (AvgIpc) is 3.06. The molecule has 4 rings (SSSR count). The molecular formula is C24H21Cl2NO3. The van der Waals surface area contributed by atoms with Crippen molar-refractivity contribution in [1.29, 1.82) is 0 Å². The van der Waals surface area contributed by atoms with Crippen molar-refractivity contribution in [3.63, 3.8) is 0 Å². The number of nitrogens with one attached hydrogen (secondary N) is 1. The Balaban J connectivity index is 1.43. The summed E-state index contributed by atoms with van der Waals surface area (Å²) in [6.07, 6.45) is -1.67. The Bertz CT molecular complexity index is 1020. The van der Waals surface area contributed by atoms with Crippen molar-refractivity contribution in [2.24, 2.45) is 0 Å². The maximum atomic E-state index is 12.4. The molecule has 6 heteroatoms. The molecule has 2 N–H and O–H groups in total. The van der Waals surface area contributed by atoms with E-state index in [4.69, 9.17) is 27.9 Å². The van der Waals surface area contributed by atoms with Gasteiger partial charge >= 0.3 is 6.09 Å². The molecule has 1 aliphatic rings. The zero-order valence-corrected chi connectivity index (χ0v) is 17.8. The van der Waals surface area contributed by atoms with Gasteiger partial charge in [-0.2, -0.15) is 0 Å². The number of carbonyl (C=O) groups is 1. The summed E-state index contributed by atoms with van der Waals surface area (Å²) in [5, 5.41) is 14.0. The van der Waals surface area contributed by atoms with Crippen molar-refractivity contribution in [3.05, 3.63) is 93.5 Å². The second kappa shape index (κ2) is 8.68. The third kappa shape index (κ3) is 3.91. The molecule has 0 spiro atoms. The van der Waals surface area contributed by atoms with Gasteiger partial charge in [-0.1, -0.05) is 77.8 Å². The van der Waals surface area contributed by atoms with Crippen LogP contribution >= 0.6 is 23.2 Å². The second-order valence-electron chi connectivity index (χ2n) is 7.34. The lowest BCUT2D eigenvalue weighted by molar-refractivity contribution is 0.109. The fraction of sp³-hybridized carbons (Fsp3) is 0.208. The molecule has 0 aliphatic heterocycles. The molecule has 1 amide bonds. The summed E-state index contributed by atoms with van der Waals surface area (Å²) in [5.41, 5.74) is 5.00. The quantitative estimate of drug-likeness (QED) is 0.513. The number of rotatable bonds is 5. The number of alkyl carbamates (subject to hydrolysis) is 1. The van der Waals surface area contributed by atoms with E-state index in [2.05, 4.69) is 29.6 Å². The number of fused-ring (bicyclic) bond motifs is 3. The molecule has 1 aliphatic carbocycles. The third-order valence-corrected chi connectivity index (χ3v) is 6.12. The average molecular weight is 442 g/mol. The van der Waals surface area contributed by atoms with E-state index in [1.807, 2.05) is 24.3 Å². The van der Waals surface area contributed by atoms with E-state index in [9.17, 15) is 9.90 Å². The highest BCUT2D eigenvalue weighted by atomic mass is 35.5. The SMILES string of the molecule is CC(NC(=O)OCC1c2ccccc2-c2ccccc21)C(O)c1c(Cl)cccc1Cl. The number of amides is 1. The van der Waals surface area contributed by atoms with Crippen LogP contribution in [-0.4, -0.2) is 23.8 Å². The van der Waals surface area contributed by atoms with Crippen LogP contribution in [0.5, 0.6) is 0 Å². The summed E-state index contributed by atoms with van der Waals surface area (Å²) in [7, 11) is 0. The predicted octanol–water partition coefficient (Wildman–Crippen LogP) is 5.95. The third-order valence-electron chi connectivity index (χ3n) is 5.46. The zero-order chi connectivity index (χ0) is 21.3. The Morgan fingerprint density at radius 1 is 0.967 bits per heavy atom. The van der Waals surface area contributed by atoms with Crippen LogP contribution in [-0.2, 0) is 4.74 Å². The number of ether oxygens (including phenoxy) is 1. The number of halogens is 2. The van der Waals surface area contributed by atoms with Crippen molar-refractivity contribution in [2.45, 2.75) is 25.0 Å². The van der Waals surface area contributed by atoms with Gasteiger partial charge in [0.25, 0.3) is 0 Å². The first-order chi connectivity index (χ1) is 14.5. The van der Waals surface area contributed by atoms with Crippen LogP contribution in [0.1, 0.15) is 35.6 Å². The highest BCUT2D eigenvalue weighted by molar-refractivity contribution is 6.36. The van der Waals surface area contributed by atoms with Crippen LogP contribution in [0.2, 0.25) is 10.0 Å². The second-order valence-corrected chi connectivity index (χ2v) is 8.15. The summed E-state index contributed by atoms with van der Waals surface area (Å²) in [4.78, 5) is 12.4. The number of aliphatic hydroxyl groups excluding tert-OH is 1. The van der Waals surface area contributed by atoms with Crippen molar-refractivity contribution < 1.29 is 14.6 Å². The largest absolute Gasteiger partial charge is 0.449 e. The monoisotopic (exact) mass is 441 g/mol. The van der Waals surface area contributed by atoms with E-state index in [1.54, 1.807) is 25.1 Å². The molecule has 0 saturated heterocycles. The molecular weight excluding hydrogens is 421 g/mol. The fourth-order valence-electron chi connectivity index (χ4n) is 3.95. The summed E-state index contributed by atoms with van der Waals surface area (Å²) in [6.45, 7) is 1.88. The van der Waals surface area contributed by atoms with Crippen LogP contribution in [0.3, 0.4) is 0 Å². The lowest BCUT2D eigenvalue weighted by Crippen LogP contribution is -2.38. The lowest BCUT2D eigenvalue weighted by Gasteiger charge is -2.23. The molecule has 154 valence electrons. The standard InChI is InChI=1S/C24H21Cl2NO3/c1-14(23(28)22-20(25)11-6-12-21(22)26)27-24(29)30-13-19-17-9-4-2-7-15(17)16-8-3-5-10-18(16)19/h2-12,14,19,23,28H,13H2,1H3,(H,27,29).